The predicted molar refractivity (Wildman–Crippen MR) is 65.1 cm³/mol. The summed E-state index contributed by atoms with van der Waals surface area (Å²) in [6.45, 7) is 3.40. The molecule has 2 rings (SSSR count). The standard InChI is InChI=1S/C13H14FNO4/c1-13(2)9(10(13)12(18)19)11(17)15-6-3-4-8(16)7(14)5-6/h3-5,9-10,16H,1-2H3,(H,15,17)(H,18,19)/t9-,10+/m1/s1. The van der Waals surface area contributed by atoms with Crippen LogP contribution in [0.15, 0.2) is 18.2 Å². The van der Waals surface area contributed by atoms with Crippen LogP contribution in [-0.4, -0.2) is 22.1 Å². The molecule has 1 aliphatic carbocycles. The summed E-state index contributed by atoms with van der Waals surface area (Å²) in [5.41, 5.74) is -0.419. The van der Waals surface area contributed by atoms with E-state index in [1.54, 1.807) is 13.8 Å². The van der Waals surface area contributed by atoms with Gasteiger partial charge in [0.15, 0.2) is 11.6 Å². The lowest BCUT2D eigenvalue weighted by Crippen LogP contribution is -2.17. The van der Waals surface area contributed by atoms with Crippen molar-refractivity contribution in [3.8, 4) is 5.75 Å². The Labute approximate surface area is 109 Å². The van der Waals surface area contributed by atoms with Crippen LogP contribution in [0.5, 0.6) is 5.75 Å². The lowest BCUT2D eigenvalue weighted by molar-refractivity contribution is -0.140. The van der Waals surface area contributed by atoms with Crippen LogP contribution in [-0.2, 0) is 9.59 Å². The summed E-state index contributed by atoms with van der Waals surface area (Å²) in [7, 11) is 0. The van der Waals surface area contributed by atoms with Crippen LogP contribution in [0.25, 0.3) is 0 Å². The number of aliphatic carboxylic acids is 1. The number of nitrogens with one attached hydrogen (secondary N) is 1. The van der Waals surface area contributed by atoms with E-state index in [0.29, 0.717) is 0 Å². The number of hydrogen-bond donors (Lipinski definition) is 3. The molecule has 0 saturated heterocycles. The number of anilines is 1. The van der Waals surface area contributed by atoms with E-state index in [1.807, 2.05) is 0 Å². The zero-order chi connectivity index (χ0) is 14.4. The zero-order valence-corrected chi connectivity index (χ0v) is 10.5. The average molecular weight is 267 g/mol. The monoisotopic (exact) mass is 267 g/mol. The van der Waals surface area contributed by atoms with Crippen molar-refractivity contribution in [2.24, 2.45) is 17.3 Å². The fraction of sp³-hybridized carbons (Fsp3) is 0.385. The maximum Gasteiger partial charge on any atom is 0.307 e. The lowest BCUT2D eigenvalue weighted by Gasteiger charge is -2.06. The summed E-state index contributed by atoms with van der Waals surface area (Å²) < 4.78 is 13.1. The largest absolute Gasteiger partial charge is 0.505 e. The van der Waals surface area contributed by atoms with Crippen LogP contribution < -0.4 is 5.32 Å². The second kappa shape index (κ2) is 4.22. The fourth-order valence-corrected chi connectivity index (χ4v) is 2.39. The SMILES string of the molecule is CC1(C)[C@H](C(=O)O)[C@@H]1C(=O)Nc1ccc(O)c(F)c1. The van der Waals surface area contributed by atoms with E-state index >= 15 is 0 Å². The molecule has 2 atom stereocenters. The minimum absolute atomic E-state index is 0.187. The first kappa shape index (κ1) is 13.3. The van der Waals surface area contributed by atoms with Crippen molar-refractivity contribution in [2.75, 3.05) is 5.32 Å². The van der Waals surface area contributed by atoms with Crippen LogP contribution in [0, 0.1) is 23.1 Å². The quantitative estimate of drug-likeness (QED) is 0.729. The zero-order valence-electron chi connectivity index (χ0n) is 10.5. The number of benzene rings is 1. The van der Waals surface area contributed by atoms with E-state index < -0.39 is 40.7 Å². The van der Waals surface area contributed by atoms with Crippen LogP contribution in [0.3, 0.4) is 0 Å². The third kappa shape index (κ3) is 2.25. The highest BCUT2D eigenvalue weighted by Crippen LogP contribution is 2.58. The van der Waals surface area contributed by atoms with Crippen molar-refractivity contribution in [1.29, 1.82) is 0 Å². The molecule has 0 radical (unpaired) electrons. The number of carboxylic acids is 1. The summed E-state index contributed by atoms with van der Waals surface area (Å²) in [5, 5.41) is 20.5. The molecule has 0 heterocycles. The van der Waals surface area contributed by atoms with Gasteiger partial charge in [-0.2, -0.15) is 0 Å². The van der Waals surface area contributed by atoms with E-state index in [9.17, 15) is 14.0 Å². The van der Waals surface area contributed by atoms with Gasteiger partial charge in [-0.15, -0.1) is 0 Å². The molecule has 3 N–H and O–H groups in total. The molecule has 6 heteroatoms. The highest BCUT2D eigenvalue weighted by Gasteiger charge is 2.65. The van der Waals surface area contributed by atoms with Crippen molar-refractivity contribution in [3.63, 3.8) is 0 Å². The maximum atomic E-state index is 13.1. The second-order valence-corrected chi connectivity index (χ2v) is 5.27. The molecule has 1 aromatic carbocycles. The fourth-order valence-electron chi connectivity index (χ4n) is 2.39. The normalized spacial score (nSPS) is 23.7. The first-order valence-electron chi connectivity index (χ1n) is 5.77. The van der Waals surface area contributed by atoms with E-state index in [0.717, 1.165) is 12.1 Å². The van der Waals surface area contributed by atoms with Gasteiger partial charge in [0.25, 0.3) is 0 Å². The summed E-state index contributed by atoms with van der Waals surface area (Å²) in [6.07, 6.45) is 0. The van der Waals surface area contributed by atoms with Gasteiger partial charge in [-0.1, -0.05) is 13.8 Å². The Hall–Kier alpha value is -2.11. The highest BCUT2D eigenvalue weighted by atomic mass is 19.1. The lowest BCUT2D eigenvalue weighted by atomic mass is 10.1. The molecule has 1 aromatic rings. The van der Waals surface area contributed by atoms with Gasteiger partial charge >= 0.3 is 5.97 Å². The Morgan fingerprint density at radius 1 is 1.32 bits per heavy atom. The molecule has 5 nitrogen and oxygen atoms in total. The Morgan fingerprint density at radius 2 is 1.95 bits per heavy atom. The van der Waals surface area contributed by atoms with Crippen LogP contribution in [0.2, 0.25) is 0 Å². The average Bonchev–Trinajstić information content (AvgIpc) is 2.87. The molecular weight excluding hydrogens is 253 g/mol. The van der Waals surface area contributed by atoms with Gasteiger partial charge in [-0.25, -0.2) is 4.39 Å². The first-order valence-corrected chi connectivity index (χ1v) is 5.77. The summed E-state index contributed by atoms with van der Waals surface area (Å²) in [5.74, 6) is -4.18. The summed E-state index contributed by atoms with van der Waals surface area (Å²) in [6, 6.07) is 3.46. The Bertz CT molecular complexity index is 556. The third-order valence-electron chi connectivity index (χ3n) is 3.59. The summed E-state index contributed by atoms with van der Waals surface area (Å²) in [4.78, 5) is 22.9. The van der Waals surface area contributed by atoms with Crippen molar-refractivity contribution in [2.45, 2.75) is 13.8 Å². The molecule has 0 aromatic heterocycles. The number of rotatable bonds is 3. The van der Waals surface area contributed by atoms with Gasteiger partial charge in [-0.05, 0) is 17.5 Å². The first-order chi connectivity index (χ1) is 8.75. The van der Waals surface area contributed by atoms with Crippen molar-refractivity contribution in [1.82, 2.24) is 0 Å². The minimum Gasteiger partial charge on any atom is -0.505 e. The smallest absolute Gasteiger partial charge is 0.307 e. The number of phenols is 1. The van der Waals surface area contributed by atoms with Gasteiger partial charge < -0.3 is 15.5 Å². The Balaban J connectivity index is 2.10. The second-order valence-electron chi connectivity index (χ2n) is 5.27. The molecular formula is C13H14FNO4. The number of aromatic hydroxyl groups is 1. The molecule has 0 aliphatic heterocycles. The number of halogens is 1. The number of carbonyl (C=O) groups is 2. The van der Waals surface area contributed by atoms with Gasteiger partial charge in [0.05, 0.1) is 11.8 Å². The highest BCUT2D eigenvalue weighted by molar-refractivity contribution is 5.99. The Kier molecular flexibility index (Phi) is 2.96. The Morgan fingerprint density at radius 3 is 2.42 bits per heavy atom. The molecule has 1 amide bonds. The number of hydrogen-bond acceptors (Lipinski definition) is 3. The van der Waals surface area contributed by atoms with Crippen LogP contribution >= 0.6 is 0 Å². The van der Waals surface area contributed by atoms with Gasteiger partial charge in [0, 0.05) is 11.8 Å². The number of carboxylic acid groups (broad SMARTS) is 1. The van der Waals surface area contributed by atoms with E-state index in [-0.39, 0.29) is 5.69 Å². The molecule has 1 saturated carbocycles. The van der Waals surface area contributed by atoms with Crippen molar-refractivity contribution >= 4 is 17.6 Å². The molecule has 19 heavy (non-hydrogen) atoms. The van der Waals surface area contributed by atoms with Gasteiger partial charge in [-0.3, -0.25) is 9.59 Å². The van der Waals surface area contributed by atoms with E-state index in [4.69, 9.17) is 10.2 Å². The predicted octanol–water partition coefficient (Wildman–Crippen LogP) is 1.83. The number of amides is 1. The minimum atomic E-state index is -1.01. The number of phenolic OH excluding ortho intramolecular Hbond substituents is 1. The molecule has 0 spiro atoms. The summed E-state index contributed by atoms with van der Waals surface area (Å²) >= 11 is 0. The van der Waals surface area contributed by atoms with Crippen molar-refractivity contribution < 1.29 is 24.2 Å². The molecule has 1 fully saturated rings. The maximum absolute atomic E-state index is 13.1. The van der Waals surface area contributed by atoms with Gasteiger partial charge in [0.1, 0.15) is 0 Å². The van der Waals surface area contributed by atoms with Gasteiger partial charge in [0.2, 0.25) is 5.91 Å². The molecule has 102 valence electrons. The third-order valence-corrected chi connectivity index (χ3v) is 3.59. The van der Waals surface area contributed by atoms with E-state index in [2.05, 4.69) is 5.32 Å². The van der Waals surface area contributed by atoms with Crippen molar-refractivity contribution in [3.05, 3.63) is 24.0 Å². The number of carbonyl (C=O) groups excluding carboxylic acids is 1. The van der Waals surface area contributed by atoms with Crippen LogP contribution in [0.4, 0.5) is 10.1 Å². The topological polar surface area (TPSA) is 86.6 Å². The van der Waals surface area contributed by atoms with E-state index in [1.165, 1.54) is 6.07 Å². The molecule has 0 bridgehead atoms. The molecule has 0 unspecified atom stereocenters. The van der Waals surface area contributed by atoms with Crippen LogP contribution in [0.1, 0.15) is 13.8 Å². The molecule has 1 aliphatic rings.